The zero-order chi connectivity index (χ0) is 21.4. The lowest BCUT2D eigenvalue weighted by atomic mass is 10.0. The molecule has 0 spiro atoms. The van der Waals surface area contributed by atoms with E-state index >= 15 is 0 Å². The van der Waals surface area contributed by atoms with Gasteiger partial charge >= 0.3 is 5.97 Å². The summed E-state index contributed by atoms with van der Waals surface area (Å²) in [6.07, 6.45) is 5.72. The van der Waals surface area contributed by atoms with Crippen LogP contribution in [-0.4, -0.2) is 44.7 Å². The van der Waals surface area contributed by atoms with Crippen LogP contribution in [0.1, 0.15) is 32.3 Å². The Morgan fingerprint density at radius 3 is 2.59 bits per heavy atom. The number of thiocarbonyl (C=S) groups is 1. The minimum absolute atomic E-state index is 0.0125. The van der Waals surface area contributed by atoms with Gasteiger partial charge in [0.05, 0.1) is 4.91 Å². The van der Waals surface area contributed by atoms with Crippen molar-refractivity contribution < 1.29 is 19.5 Å². The summed E-state index contributed by atoms with van der Waals surface area (Å²) in [5, 5.41) is 11.7. The van der Waals surface area contributed by atoms with Gasteiger partial charge in [-0.2, -0.15) is 0 Å². The highest BCUT2D eigenvalue weighted by Crippen LogP contribution is 2.31. The van der Waals surface area contributed by atoms with Crippen molar-refractivity contribution in [3.63, 3.8) is 0 Å². The SMILES string of the molecule is CC(C)CC(NC(=O)CCN1C(=O)/C(=C/C=C/c2ccccc2)SC1=S)C(=O)O. The summed E-state index contributed by atoms with van der Waals surface area (Å²) in [5.41, 5.74) is 1.02. The lowest BCUT2D eigenvalue weighted by molar-refractivity contribution is -0.142. The van der Waals surface area contributed by atoms with E-state index in [9.17, 15) is 19.5 Å². The zero-order valence-electron chi connectivity index (χ0n) is 16.3. The van der Waals surface area contributed by atoms with Gasteiger partial charge in [-0.15, -0.1) is 0 Å². The van der Waals surface area contributed by atoms with Crippen molar-refractivity contribution in [3.8, 4) is 0 Å². The molecule has 0 saturated carbocycles. The zero-order valence-corrected chi connectivity index (χ0v) is 18.0. The first kappa shape index (κ1) is 22.8. The van der Waals surface area contributed by atoms with Crippen molar-refractivity contribution in [1.82, 2.24) is 10.2 Å². The maximum absolute atomic E-state index is 12.5. The number of nitrogens with zero attached hydrogens (tertiary/aromatic N) is 1. The molecule has 1 unspecified atom stereocenters. The van der Waals surface area contributed by atoms with Crippen LogP contribution < -0.4 is 5.32 Å². The maximum Gasteiger partial charge on any atom is 0.326 e. The predicted molar refractivity (Wildman–Crippen MR) is 119 cm³/mol. The average molecular weight is 433 g/mol. The third-order valence-electron chi connectivity index (χ3n) is 4.11. The van der Waals surface area contributed by atoms with Gasteiger partial charge in [-0.3, -0.25) is 14.5 Å². The lowest BCUT2D eigenvalue weighted by Gasteiger charge is -2.18. The van der Waals surface area contributed by atoms with Gasteiger partial charge in [0.15, 0.2) is 0 Å². The molecule has 1 aromatic carbocycles. The van der Waals surface area contributed by atoms with Crippen LogP contribution in [0.4, 0.5) is 0 Å². The second-order valence-corrected chi connectivity index (χ2v) is 8.64. The number of nitrogens with one attached hydrogen (secondary N) is 1. The van der Waals surface area contributed by atoms with E-state index < -0.39 is 17.9 Å². The standard InChI is InChI=1S/C21H24N2O4S2/c1-14(2)13-16(20(26)27)22-18(24)11-12-23-19(25)17(29-21(23)28)10-6-9-15-7-4-3-5-8-15/h3-10,14,16H,11-13H2,1-2H3,(H,22,24)(H,26,27)/b9-6+,17-10-. The first-order chi connectivity index (χ1) is 13.8. The monoisotopic (exact) mass is 432 g/mol. The molecule has 0 aromatic heterocycles. The molecule has 0 aliphatic carbocycles. The number of carbonyl (C=O) groups excluding carboxylic acids is 2. The summed E-state index contributed by atoms with van der Waals surface area (Å²) in [4.78, 5) is 37.8. The topological polar surface area (TPSA) is 86.7 Å². The van der Waals surface area contributed by atoms with Gasteiger partial charge in [-0.05, 0) is 24.0 Å². The number of amides is 2. The number of allylic oxidation sites excluding steroid dienone is 2. The van der Waals surface area contributed by atoms with Crippen molar-refractivity contribution in [2.75, 3.05) is 6.54 Å². The quantitative estimate of drug-likeness (QED) is 0.459. The molecule has 1 aliphatic rings. The van der Waals surface area contributed by atoms with Crippen molar-refractivity contribution in [3.05, 3.63) is 53.0 Å². The molecule has 2 amide bonds. The van der Waals surface area contributed by atoms with E-state index in [2.05, 4.69) is 5.32 Å². The van der Waals surface area contributed by atoms with E-state index in [1.165, 1.54) is 16.7 Å². The van der Waals surface area contributed by atoms with Crippen LogP contribution in [0.25, 0.3) is 6.08 Å². The molecule has 29 heavy (non-hydrogen) atoms. The molecule has 0 bridgehead atoms. The van der Waals surface area contributed by atoms with Crippen LogP contribution >= 0.6 is 24.0 Å². The van der Waals surface area contributed by atoms with Crippen LogP contribution in [0.2, 0.25) is 0 Å². The molecule has 2 N–H and O–H groups in total. The van der Waals surface area contributed by atoms with E-state index in [1.54, 1.807) is 12.2 Å². The molecule has 1 saturated heterocycles. The Morgan fingerprint density at radius 1 is 1.28 bits per heavy atom. The fourth-order valence-corrected chi connectivity index (χ4v) is 3.95. The molecule has 1 aliphatic heterocycles. The predicted octanol–water partition coefficient (Wildman–Crippen LogP) is 3.45. The Labute approximate surface area is 180 Å². The third-order valence-corrected chi connectivity index (χ3v) is 5.51. The van der Waals surface area contributed by atoms with E-state index in [1.807, 2.05) is 50.3 Å². The number of hydrogen-bond donors (Lipinski definition) is 2. The average Bonchev–Trinajstić information content (AvgIpc) is 2.93. The van der Waals surface area contributed by atoms with Gasteiger partial charge in [-0.25, -0.2) is 4.79 Å². The highest BCUT2D eigenvalue weighted by atomic mass is 32.2. The number of carboxylic acids is 1. The largest absolute Gasteiger partial charge is 0.480 e. The van der Waals surface area contributed by atoms with Gasteiger partial charge in [0, 0.05) is 13.0 Å². The van der Waals surface area contributed by atoms with Crippen molar-refractivity contribution >= 4 is 52.2 Å². The summed E-state index contributed by atoms with van der Waals surface area (Å²) in [5.74, 6) is -1.59. The molecule has 6 nitrogen and oxygen atoms in total. The molecule has 1 heterocycles. The number of benzene rings is 1. The highest BCUT2D eigenvalue weighted by Gasteiger charge is 2.32. The van der Waals surface area contributed by atoms with Crippen LogP contribution in [0.3, 0.4) is 0 Å². The van der Waals surface area contributed by atoms with Gasteiger partial charge in [0.25, 0.3) is 5.91 Å². The number of carboxylic acid groups (broad SMARTS) is 1. The molecule has 1 atom stereocenters. The molecule has 1 aromatic rings. The van der Waals surface area contributed by atoms with E-state index in [-0.39, 0.29) is 24.8 Å². The number of rotatable bonds is 9. The van der Waals surface area contributed by atoms with E-state index in [0.29, 0.717) is 15.6 Å². The Bertz CT molecular complexity index is 834. The molecule has 8 heteroatoms. The van der Waals surface area contributed by atoms with E-state index in [0.717, 1.165) is 5.56 Å². The summed E-state index contributed by atoms with van der Waals surface area (Å²) in [6, 6.07) is 8.77. The molecule has 1 fully saturated rings. The molecular formula is C21H24N2O4S2. The Kier molecular flexibility index (Phi) is 8.60. The fraction of sp³-hybridized carbons (Fsp3) is 0.333. The Morgan fingerprint density at radius 2 is 1.97 bits per heavy atom. The molecule has 154 valence electrons. The van der Waals surface area contributed by atoms with Gasteiger partial charge < -0.3 is 10.4 Å². The summed E-state index contributed by atoms with van der Waals surface area (Å²) in [6.45, 7) is 3.89. The number of hydrogen-bond acceptors (Lipinski definition) is 5. The van der Waals surface area contributed by atoms with Crippen molar-refractivity contribution in [1.29, 1.82) is 0 Å². The number of aliphatic carboxylic acids is 1. The normalized spacial score (nSPS) is 16.8. The maximum atomic E-state index is 12.5. The van der Waals surface area contributed by atoms with Crippen molar-refractivity contribution in [2.24, 2.45) is 5.92 Å². The van der Waals surface area contributed by atoms with Crippen LogP contribution in [0, 0.1) is 5.92 Å². The summed E-state index contributed by atoms with van der Waals surface area (Å²) >= 11 is 6.44. The van der Waals surface area contributed by atoms with Crippen LogP contribution in [-0.2, 0) is 14.4 Å². The first-order valence-electron chi connectivity index (χ1n) is 9.27. The van der Waals surface area contributed by atoms with Crippen LogP contribution in [0.5, 0.6) is 0 Å². The molecular weight excluding hydrogens is 408 g/mol. The number of carbonyl (C=O) groups is 3. The van der Waals surface area contributed by atoms with Gasteiger partial charge in [0.1, 0.15) is 10.4 Å². The minimum Gasteiger partial charge on any atom is -0.480 e. The van der Waals surface area contributed by atoms with Crippen LogP contribution in [0.15, 0.2) is 47.4 Å². The fourth-order valence-electron chi connectivity index (χ4n) is 2.69. The second-order valence-electron chi connectivity index (χ2n) is 6.96. The molecule has 2 rings (SSSR count). The third kappa shape index (κ3) is 7.14. The summed E-state index contributed by atoms with van der Waals surface area (Å²) in [7, 11) is 0. The Balaban J connectivity index is 1.91. The van der Waals surface area contributed by atoms with E-state index in [4.69, 9.17) is 12.2 Å². The minimum atomic E-state index is -1.06. The van der Waals surface area contributed by atoms with Crippen molar-refractivity contribution in [2.45, 2.75) is 32.7 Å². The van der Waals surface area contributed by atoms with Gasteiger partial charge in [0.2, 0.25) is 5.91 Å². The Hall–Kier alpha value is -2.45. The number of thioether (sulfide) groups is 1. The first-order valence-corrected chi connectivity index (χ1v) is 10.5. The van der Waals surface area contributed by atoms with Gasteiger partial charge in [-0.1, -0.05) is 80.3 Å². The lowest BCUT2D eigenvalue weighted by Crippen LogP contribution is -2.43. The highest BCUT2D eigenvalue weighted by molar-refractivity contribution is 8.26. The second kappa shape index (κ2) is 10.9. The smallest absolute Gasteiger partial charge is 0.326 e. The molecule has 0 radical (unpaired) electrons. The summed E-state index contributed by atoms with van der Waals surface area (Å²) < 4.78 is 0.388.